The van der Waals surface area contributed by atoms with Crippen molar-refractivity contribution in [2.75, 3.05) is 7.05 Å². The Hall–Kier alpha value is -1.06. The highest BCUT2D eigenvalue weighted by Crippen LogP contribution is 2.33. The third-order valence-corrected chi connectivity index (χ3v) is 3.03. The summed E-state index contributed by atoms with van der Waals surface area (Å²) in [7, 11) is 1.69. The lowest BCUT2D eigenvalue weighted by molar-refractivity contribution is -0.143. The van der Waals surface area contributed by atoms with Crippen molar-refractivity contribution in [2.24, 2.45) is 5.92 Å². The number of carbonyl (C=O) groups is 2. The average molecular weight is 213 g/mol. The van der Waals surface area contributed by atoms with Gasteiger partial charge in [-0.15, -0.1) is 0 Å². The third kappa shape index (κ3) is 3.53. The molecule has 4 nitrogen and oxygen atoms in total. The Morgan fingerprint density at radius 3 is 2.33 bits per heavy atom. The van der Waals surface area contributed by atoms with Gasteiger partial charge in [-0.3, -0.25) is 9.59 Å². The molecule has 0 radical (unpaired) electrons. The molecule has 1 saturated carbocycles. The molecule has 4 heteroatoms. The number of amides is 1. The number of carboxylic acid groups (broad SMARTS) is 1. The second-order valence-electron chi connectivity index (χ2n) is 4.98. The number of aliphatic carboxylic acids is 1. The van der Waals surface area contributed by atoms with Crippen LogP contribution in [0.1, 0.15) is 39.5 Å². The summed E-state index contributed by atoms with van der Waals surface area (Å²) in [6.07, 6.45) is 2.83. The molecule has 0 bridgehead atoms. The molecule has 86 valence electrons. The van der Waals surface area contributed by atoms with Crippen LogP contribution in [0.5, 0.6) is 0 Å². The highest BCUT2D eigenvalue weighted by atomic mass is 16.4. The van der Waals surface area contributed by atoms with E-state index in [-0.39, 0.29) is 12.3 Å². The minimum Gasteiger partial charge on any atom is -0.481 e. The van der Waals surface area contributed by atoms with E-state index in [2.05, 4.69) is 0 Å². The van der Waals surface area contributed by atoms with Crippen LogP contribution in [-0.4, -0.2) is 34.5 Å². The van der Waals surface area contributed by atoms with Crippen LogP contribution in [0, 0.1) is 5.92 Å². The second-order valence-corrected chi connectivity index (χ2v) is 4.98. The molecule has 0 aromatic heterocycles. The average Bonchev–Trinajstić information content (AvgIpc) is 2.84. The number of hydrogen-bond donors (Lipinski definition) is 1. The van der Waals surface area contributed by atoms with Gasteiger partial charge in [-0.25, -0.2) is 0 Å². The van der Waals surface area contributed by atoms with E-state index in [1.165, 1.54) is 0 Å². The lowest BCUT2D eigenvalue weighted by Crippen LogP contribution is -2.46. The fourth-order valence-electron chi connectivity index (χ4n) is 1.53. The second kappa shape index (κ2) is 4.21. The van der Waals surface area contributed by atoms with Crippen LogP contribution in [0.4, 0.5) is 0 Å². The summed E-state index contributed by atoms with van der Waals surface area (Å²) in [5.41, 5.74) is -0.599. The van der Waals surface area contributed by atoms with Crippen LogP contribution in [0.25, 0.3) is 0 Å². The highest BCUT2D eigenvalue weighted by Gasteiger charge is 2.33. The van der Waals surface area contributed by atoms with Gasteiger partial charge in [0.1, 0.15) is 0 Å². The van der Waals surface area contributed by atoms with Crippen LogP contribution >= 0.6 is 0 Å². The maximum atomic E-state index is 11.8. The van der Waals surface area contributed by atoms with Crippen LogP contribution < -0.4 is 0 Å². The van der Waals surface area contributed by atoms with Gasteiger partial charge >= 0.3 is 5.97 Å². The Balaban J connectivity index is 2.51. The number of rotatable bonds is 5. The van der Waals surface area contributed by atoms with Crippen molar-refractivity contribution in [1.82, 2.24) is 4.90 Å². The normalized spacial score (nSPS) is 16.2. The Labute approximate surface area is 90.3 Å². The molecule has 1 amide bonds. The molecule has 0 saturated heterocycles. The lowest BCUT2D eigenvalue weighted by Gasteiger charge is -2.34. The lowest BCUT2D eigenvalue weighted by atomic mass is 9.98. The fourth-order valence-corrected chi connectivity index (χ4v) is 1.53. The van der Waals surface area contributed by atoms with E-state index in [0.717, 1.165) is 12.8 Å². The van der Waals surface area contributed by atoms with Gasteiger partial charge in [0.05, 0.1) is 6.42 Å². The molecule has 1 rings (SSSR count). The molecule has 0 unspecified atom stereocenters. The van der Waals surface area contributed by atoms with E-state index in [9.17, 15) is 9.59 Å². The number of carboxylic acids is 1. The zero-order valence-electron chi connectivity index (χ0n) is 9.62. The first-order chi connectivity index (χ1) is 6.83. The summed E-state index contributed by atoms with van der Waals surface area (Å²) < 4.78 is 0. The summed E-state index contributed by atoms with van der Waals surface area (Å²) >= 11 is 0. The van der Waals surface area contributed by atoms with Crippen LogP contribution in [0.3, 0.4) is 0 Å². The molecular weight excluding hydrogens is 194 g/mol. The van der Waals surface area contributed by atoms with Crippen molar-refractivity contribution in [3.05, 3.63) is 0 Å². The minimum absolute atomic E-state index is 0.0140. The van der Waals surface area contributed by atoms with Crippen molar-refractivity contribution >= 4 is 11.9 Å². The summed E-state index contributed by atoms with van der Waals surface area (Å²) in [6.45, 7) is 3.57. The summed E-state index contributed by atoms with van der Waals surface area (Å²) in [4.78, 5) is 24.0. The van der Waals surface area contributed by atoms with Gasteiger partial charge in [0.15, 0.2) is 0 Å². The topological polar surface area (TPSA) is 57.6 Å². The Morgan fingerprint density at radius 2 is 1.93 bits per heavy atom. The largest absolute Gasteiger partial charge is 0.481 e. The standard InChI is InChI=1S/C11H19NO3/c1-11(2,7-10(14)15)12(3)9(13)6-8-4-5-8/h8H,4-7H2,1-3H3,(H,14,15). The molecule has 0 spiro atoms. The third-order valence-electron chi connectivity index (χ3n) is 3.03. The van der Waals surface area contributed by atoms with Crippen LogP contribution in [0.2, 0.25) is 0 Å². The first-order valence-electron chi connectivity index (χ1n) is 5.31. The number of nitrogens with zero attached hydrogens (tertiary/aromatic N) is 1. The molecule has 1 N–H and O–H groups in total. The summed E-state index contributed by atoms with van der Waals surface area (Å²) in [5.74, 6) is -0.268. The highest BCUT2D eigenvalue weighted by molar-refractivity contribution is 5.78. The molecular formula is C11H19NO3. The molecule has 15 heavy (non-hydrogen) atoms. The van der Waals surface area contributed by atoms with Crippen molar-refractivity contribution in [3.8, 4) is 0 Å². The van der Waals surface area contributed by atoms with Crippen LogP contribution in [-0.2, 0) is 9.59 Å². The Kier molecular flexibility index (Phi) is 3.37. The van der Waals surface area contributed by atoms with Crippen molar-refractivity contribution in [1.29, 1.82) is 0 Å². The van der Waals surface area contributed by atoms with Gasteiger partial charge in [0.2, 0.25) is 5.91 Å². The molecule has 0 atom stereocenters. The van der Waals surface area contributed by atoms with E-state index in [4.69, 9.17) is 5.11 Å². The first-order valence-corrected chi connectivity index (χ1v) is 5.31. The zero-order chi connectivity index (χ0) is 11.6. The van der Waals surface area contributed by atoms with E-state index >= 15 is 0 Å². The predicted molar refractivity (Wildman–Crippen MR) is 56.4 cm³/mol. The Bertz CT molecular complexity index is 269. The van der Waals surface area contributed by atoms with E-state index in [1.54, 1.807) is 25.8 Å². The van der Waals surface area contributed by atoms with Crippen molar-refractivity contribution in [2.45, 2.75) is 45.1 Å². The monoisotopic (exact) mass is 213 g/mol. The molecule has 0 aliphatic heterocycles. The molecule has 0 heterocycles. The van der Waals surface area contributed by atoms with Gasteiger partial charge in [0, 0.05) is 19.0 Å². The zero-order valence-corrected chi connectivity index (χ0v) is 9.62. The maximum Gasteiger partial charge on any atom is 0.305 e. The first kappa shape index (κ1) is 12.0. The number of carbonyl (C=O) groups excluding carboxylic acids is 1. The van der Waals surface area contributed by atoms with Crippen molar-refractivity contribution < 1.29 is 14.7 Å². The summed E-state index contributed by atoms with van der Waals surface area (Å²) in [5, 5.41) is 8.74. The summed E-state index contributed by atoms with van der Waals surface area (Å²) in [6, 6.07) is 0. The van der Waals surface area contributed by atoms with E-state index in [1.807, 2.05) is 0 Å². The Morgan fingerprint density at radius 1 is 1.40 bits per heavy atom. The smallest absolute Gasteiger partial charge is 0.305 e. The van der Waals surface area contributed by atoms with Crippen LogP contribution in [0.15, 0.2) is 0 Å². The molecule has 1 aliphatic rings. The van der Waals surface area contributed by atoms with E-state index < -0.39 is 11.5 Å². The minimum atomic E-state index is -0.869. The molecule has 0 aromatic rings. The maximum absolute atomic E-state index is 11.8. The fraction of sp³-hybridized carbons (Fsp3) is 0.818. The van der Waals surface area contributed by atoms with Gasteiger partial charge in [-0.1, -0.05) is 0 Å². The molecule has 0 aromatic carbocycles. The van der Waals surface area contributed by atoms with Crippen molar-refractivity contribution in [3.63, 3.8) is 0 Å². The van der Waals surface area contributed by atoms with E-state index in [0.29, 0.717) is 12.3 Å². The van der Waals surface area contributed by atoms with Gasteiger partial charge in [0.25, 0.3) is 0 Å². The van der Waals surface area contributed by atoms with Gasteiger partial charge in [-0.2, -0.15) is 0 Å². The predicted octanol–water partition coefficient (Wildman–Crippen LogP) is 1.50. The van der Waals surface area contributed by atoms with Gasteiger partial charge in [-0.05, 0) is 32.6 Å². The molecule has 1 aliphatic carbocycles. The number of hydrogen-bond acceptors (Lipinski definition) is 2. The SMILES string of the molecule is CN(C(=O)CC1CC1)C(C)(C)CC(=O)O. The van der Waals surface area contributed by atoms with Gasteiger partial charge < -0.3 is 10.0 Å². The molecule has 1 fully saturated rings. The quantitative estimate of drug-likeness (QED) is 0.753.